The van der Waals surface area contributed by atoms with Crippen molar-refractivity contribution >= 4 is 8.32 Å². The highest BCUT2D eigenvalue weighted by atomic mass is 28.4. The molecule has 0 fully saturated rings. The lowest BCUT2D eigenvalue weighted by atomic mass is 10.3. The van der Waals surface area contributed by atoms with E-state index in [9.17, 15) is 0 Å². The molecule has 0 aromatic heterocycles. The molecule has 4 heteroatoms. The highest BCUT2D eigenvalue weighted by Crippen LogP contribution is 2.44. The molecule has 0 saturated heterocycles. The highest BCUT2D eigenvalue weighted by molar-refractivity contribution is 6.78. The van der Waals surface area contributed by atoms with E-state index in [1.54, 1.807) is 7.11 Å². The van der Waals surface area contributed by atoms with E-state index in [1.807, 2.05) is 24.3 Å². The van der Waals surface area contributed by atoms with E-state index in [0.717, 1.165) is 17.9 Å². The van der Waals surface area contributed by atoms with Gasteiger partial charge in [0.1, 0.15) is 5.75 Å². The maximum Gasteiger partial charge on any atom is 0.258 e. The second kappa shape index (κ2) is 9.33. The van der Waals surface area contributed by atoms with E-state index < -0.39 is 8.32 Å². The van der Waals surface area contributed by atoms with Gasteiger partial charge < -0.3 is 13.9 Å². The SMILES string of the molecule is COCCCOc1ccccc1O[Si](C(C)C)(C(C)C)C(C)C. The van der Waals surface area contributed by atoms with Crippen LogP contribution in [0.4, 0.5) is 0 Å². The molecule has 3 nitrogen and oxygen atoms in total. The number of methoxy groups -OCH3 is 1. The van der Waals surface area contributed by atoms with Crippen molar-refractivity contribution in [2.24, 2.45) is 0 Å². The molecule has 0 spiro atoms. The van der Waals surface area contributed by atoms with E-state index in [0.29, 0.717) is 29.8 Å². The lowest BCUT2D eigenvalue weighted by Crippen LogP contribution is -2.50. The molecule has 0 aliphatic rings. The van der Waals surface area contributed by atoms with E-state index in [4.69, 9.17) is 13.9 Å². The topological polar surface area (TPSA) is 27.7 Å². The average Bonchev–Trinajstić information content (AvgIpc) is 2.49. The second-order valence-corrected chi connectivity index (χ2v) is 12.4. The summed E-state index contributed by atoms with van der Waals surface area (Å²) in [6.07, 6.45) is 0.881. The van der Waals surface area contributed by atoms with Crippen molar-refractivity contribution in [2.45, 2.75) is 64.6 Å². The van der Waals surface area contributed by atoms with E-state index >= 15 is 0 Å². The summed E-state index contributed by atoms with van der Waals surface area (Å²) in [5.41, 5.74) is 1.64. The fourth-order valence-electron chi connectivity index (χ4n) is 3.58. The number of para-hydroxylation sites is 2. The van der Waals surface area contributed by atoms with Crippen LogP contribution in [0, 0.1) is 0 Å². The Bertz CT molecular complexity index is 436. The summed E-state index contributed by atoms with van der Waals surface area (Å²) >= 11 is 0. The Morgan fingerprint density at radius 1 is 0.826 bits per heavy atom. The zero-order valence-electron chi connectivity index (χ0n) is 15.9. The number of benzene rings is 1. The van der Waals surface area contributed by atoms with Gasteiger partial charge in [0, 0.05) is 20.1 Å². The lowest BCUT2D eigenvalue weighted by Gasteiger charge is -2.42. The minimum Gasteiger partial charge on any atom is -0.540 e. The van der Waals surface area contributed by atoms with E-state index in [1.165, 1.54) is 0 Å². The van der Waals surface area contributed by atoms with Gasteiger partial charge in [-0.1, -0.05) is 53.7 Å². The minimum atomic E-state index is -1.96. The molecule has 0 bridgehead atoms. The maximum atomic E-state index is 6.76. The Morgan fingerprint density at radius 3 is 1.83 bits per heavy atom. The van der Waals surface area contributed by atoms with Gasteiger partial charge in [0.2, 0.25) is 0 Å². The van der Waals surface area contributed by atoms with Crippen molar-refractivity contribution in [3.8, 4) is 11.5 Å². The normalized spacial score (nSPS) is 12.3. The zero-order valence-corrected chi connectivity index (χ0v) is 16.9. The second-order valence-electron chi connectivity index (χ2n) is 7.06. The van der Waals surface area contributed by atoms with Crippen molar-refractivity contribution in [1.82, 2.24) is 0 Å². The first kappa shape index (κ1) is 20.0. The summed E-state index contributed by atoms with van der Waals surface area (Å²) in [6, 6.07) is 8.07. The highest BCUT2D eigenvalue weighted by Gasteiger charge is 2.47. The predicted molar refractivity (Wildman–Crippen MR) is 100 cm³/mol. The van der Waals surface area contributed by atoms with Gasteiger partial charge in [0.25, 0.3) is 8.32 Å². The summed E-state index contributed by atoms with van der Waals surface area (Å²) in [4.78, 5) is 0. The predicted octanol–water partition coefficient (Wildman–Crippen LogP) is 5.66. The van der Waals surface area contributed by atoms with Crippen LogP contribution in [0.25, 0.3) is 0 Å². The molecule has 0 N–H and O–H groups in total. The molecule has 0 radical (unpaired) electrons. The molecule has 0 amide bonds. The van der Waals surface area contributed by atoms with Crippen molar-refractivity contribution in [2.75, 3.05) is 20.3 Å². The zero-order chi connectivity index (χ0) is 17.5. The first-order valence-corrected chi connectivity index (χ1v) is 10.9. The smallest absolute Gasteiger partial charge is 0.258 e. The first-order chi connectivity index (χ1) is 10.9. The Balaban J connectivity index is 3.00. The van der Waals surface area contributed by atoms with Crippen LogP contribution < -0.4 is 9.16 Å². The Morgan fingerprint density at radius 2 is 1.35 bits per heavy atom. The third-order valence-electron chi connectivity index (χ3n) is 4.59. The summed E-state index contributed by atoms with van der Waals surface area (Å²) in [6.45, 7) is 15.2. The van der Waals surface area contributed by atoms with Crippen LogP contribution in [0.3, 0.4) is 0 Å². The molecule has 1 rings (SSSR count). The summed E-state index contributed by atoms with van der Waals surface area (Å²) in [5, 5.41) is 0. The van der Waals surface area contributed by atoms with Gasteiger partial charge in [-0.2, -0.15) is 0 Å². The number of rotatable bonds is 10. The monoisotopic (exact) mass is 338 g/mol. The molecule has 0 unspecified atom stereocenters. The fourth-order valence-corrected chi connectivity index (χ4v) is 8.84. The fraction of sp³-hybridized carbons (Fsp3) is 0.684. The number of hydrogen-bond acceptors (Lipinski definition) is 3. The molecular formula is C19H34O3Si. The largest absolute Gasteiger partial charge is 0.540 e. The quantitative estimate of drug-likeness (QED) is 0.407. The number of ether oxygens (including phenoxy) is 2. The molecule has 0 aliphatic carbocycles. The van der Waals surface area contributed by atoms with Crippen LogP contribution in [0.15, 0.2) is 24.3 Å². The molecule has 23 heavy (non-hydrogen) atoms. The molecule has 0 heterocycles. The van der Waals surface area contributed by atoms with Crippen molar-refractivity contribution in [1.29, 1.82) is 0 Å². The number of hydrogen-bond donors (Lipinski definition) is 0. The van der Waals surface area contributed by atoms with Crippen LogP contribution in [-0.2, 0) is 4.74 Å². The van der Waals surface area contributed by atoms with Gasteiger partial charge in [0.15, 0.2) is 5.75 Å². The first-order valence-electron chi connectivity index (χ1n) is 8.76. The van der Waals surface area contributed by atoms with Crippen molar-refractivity contribution < 1.29 is 13.9 Å². The third-order valence-corrected chi connectivity index (χ3v) is 10.6. The van der Waals surface area contributed by atoms with Crippen LogP contribution in [0.1, 0.15) is 48.0 Å². The van der Waals surface area contributed by atoms with Gasteiger partial charge in [0.05, 0.1) is 6.61 Å². The molecule has 0 aliphatic heterocycles. The molecule has 1 aromatic carbocycles. The Kier molecular flexibility index (Phi) is 8.13. The van der Waals surface area contributed by atoms with Crippen LogP contribution in [0.5, 0.6) is 11.5 Å². The van der Waals surface area contributed by atoms with E-state index in [2.05, 4.69) is 41.5 Å². The van der Waals surface area contributed by atoms with Crippen molar-refractivity contribution in [3.63, 3.8) is 0 Å². The standard InChI is InChI=1S/C19H34O3Si/c1-15(2)23(16(3)4,17(5)6)22-19-12-9-8-11-18(19)21-14-10-13-20-7/h8-9,11-12,15-17H,10,13-14H2,1-7H3. The maximum absolute atomic E-state index is 6.76. The van der Waals surface area contributed by atoms with Crippen LogP contribution in [-0.4, -0.2) is 28.6 Å². The molecule has 1 aromatic rings. The summed E-state index contributed by atoms with van der Waals surface area (Å²) in [7, 11) is -0.246. The Hall–Kier alpha value is -1.00. The van der Waals surface area contributed by atoms with Crippen LogP contribution in [0.2, 0.25) is 16.6 Å². The molecule has 0 atom stereocenters. The van der Waals surface area contributed by atoms with Gasteiger partial charge in [-0.25, -0.2) is 0 Å². The van der Waals surface area contributed by atoms with Gasteiger partial charge in [-0.15, -0.1) is 0 Å². The summed E-state index contributed by atoms with van der Waals surface area (Å²) < 4.78 is 17.8. The average molecular weight is 339 g/mol. The molecule has 132 valence electrons. The Labute approximate surface area is 143 Å². The van der Waals surface area contributed by atoms with Crippen molar-refractivity contribution in [3.05, 3.63) is 24.3 Å². The molecular weight excluding hydrogens is 304 g/mol. The molecule has 0 saturated carbocycles. The van der Waals surface area contributed by atoms with E-state index in [-0.39, 0.29) is 0 Å². The van der Waals surface area contributed by atoms with Crippen LogP contribution >= 0.6 is 0 Å². The van der Waals surface area contributed by atoms with Gasteiger partial charge >= 0.3 is 0 Å². The third kappa shape index (κ3) is 4.98. The summed E-state index contributed by atoms with van der Waals surface area (Å²) in [5.74, 6) is 1.75. The minimum absolute atomic E-state index is 0.545. The lowest BCUT2D eigenvalue weighted by molar-refractivity contribution is 0.171. The van der Waals surface area contributed by atoms with Gasteiger partial charge in [-0.05, 0) is 28.8 Å². The van der Waals surface area contributed by atoms with Gasteiger partial charge in [-0.3, -0.25) is 0 Å².